The van der Waals surface area contributed by atoms with Crippen LogP contribution in [0.4, 0.5) is 14.5 Å². The minimum absolute atomic E-state index is 0.0304. The molecule has 9 heteroatoms. The predicted molar refractivity (Wildman–Crippen MR) is 128 cm³/mol. The average Bonchev–Trinajstić information content (AvgIpc) is 3.29. The Morgan fingerprint density at radius 2 is 1.86 bits per heavy atom. The molecule has 1 N–H and O–H groups in total. The number of aromatic nitrogens is 1. The van der Waals surface area contributed by atoms with Crippen LogP contribution in [0.25, 0.3) is 11.3 Å². The lowest BCUT2D eigenvalue weighted by molar-refractivity contribution is -0.133. The maximum absolute atomic E-state index is 13.9. The van der Waals surface area contributed by atoms with E-state index in [1.165, 1.54) is 12.3 Å². The molecule has 4 rings (SSSR count). The van der Waals surface area contributed by atoms with Crippen molar-refractivity contribution in [2.75, 3.05) is 38.0 Å². The molecule has 35 heavy (non-hydrogen) atoms. The summed E-state index contributed by atoms with van der Waals surface area (Å²) in [6, 6.07) is 9.05. The van der Waals surface area contributed by atoms with Crippen LogP contribution in [0, 0.1) is 25.5 Å². The number of carbonyl (C=O) groups excluding carboxylic acids is 2. The van der Waals surface area contributed by atoms with Gasteiger partial charge in [-0.25, -0.2) is 13.8 Å². The minimum Gasteiger partial charge on any atom is -0.441 e. The zero-order chi connectivity index (χ0) is 24.9. The second-order valence-corrected chi connectivity index (χ2v) is 8.70. The summed E-state index contributed by atoms with van der Waals surface area (Å²) in [5.74, 6) is -0.993. The van der Waals surface area contributed by atoms with Gasteiger partial charge < -0.3 is 14.6 Å². The van der Waals surface area contributed by atoms with E-state index in [0.717, 1.165) is 28.9 Å². The van der Waals surface area contributed by atoms with E-state index >= 15 is 0 Å². The molecule has 0 bridgehead atoms. The van der Waals surface area contributed by atoms with E-state index in [4.69, 9.17) is 4.42 Å². The van der Waals surface area contributed by atoms with Crippen molar-refractivity contribution in [3.8, 4) is 11.3 Å². The molecule has 2 heterocycles. The molecule has 0 unspecified atom stereocenters. The monoisotopic (exact) mass is 482 g/mol. The molecule has 1 aromatic heterocycles. The lowest BCUT2D eigenvalue weighted by atomic mass is 10.1. The Kier molecular flexibility index (Phi) is 7.55. The highest BCUT2D eigenvalue weighted by Crippen LogP contribution is 2.25. The first kappa shape index (κ1) is 24.5. The number of hydrogen-bond donors (Lipinski definition) is 1. The summed E-state index contributed by atoms with van der Waals surface area (Å²) < 4.78 is 32.6. The zero-order valence-corrected chi connectivity index (χ0v) is 19.8. The van der Waals surface area contributed by atoms with Gasteiger partial charge in [0.05, 0.1) is 18.3 Å². The first-order valence-corrected chi connectivity index (χ1v) is 11.6. The molecule has 2 aromatic carbocycles. The summed E-state index contributed by atoms with van der Waals surface area (Å²) in [5.41, 5.74) is 3.12. The van der Waals surface area contributed by atoms with Gasteiger partial charge in [0, 0.05) is 50.8 Å². The SMILES string of the molecule is Cc1cccc(NC(=O)CN2CCN(C(=O)CCc3ncc(-c4ccc(F)cc4F)o3)CC2)c1C. The second-order valence-electron chi connectivity index (χ2n) is 8.70. The van der Waals surface area contributed by atoms with Gasteiger partial charge in [0.25, 0.3) is 0 Å². The number of oxazole rings is 1. The molecule has 0 aliphatic carbocycles. The summed E-state index contributed by atoms with van der Waals surface area (Å²) in [5, 5.41) is 2.97. The van der Waals surface area contributed by atoms with Crippen LogP contribution in [-0.4, -0.2) is 59.3 Å². The van der Waals surface area contributed by atoms with E-state index < -0.39 is 11.6 Å². The molecule has 1 aliphatic rings. The molecule has 2 amide bonds. The minimum atomic E-state index is -0.732. The van der Waals surface area contributed by atoms with Gasteiger partial charge in [-0.3, -0.25) is 14.5 Å². The first-order valence-electron chi connectivity index (χ1n) is 11.6. The molecule has 0 atom stereocenters. The van der Waals surface area contributed by atoms with Crippen molar-refractivity contribution in [2.45, 2.75) is 26.7 Å². The number of anilines is 1. The van der Waals surface area contributed by atoms with Crippen molar-refractivity contribution in [3.05, 3.63) is 71.2 Å². The molecule has 184 valence electrons. The van der Waals surface area contributed by atoms with Gasteiger partial charge in [0.1, 0.15) is 11.6 Å². The lowest BCUT2D eigenvalue weighted by Crippen LogP contribution is -2.50. The van der Waals surface area contributed by atoms with Gasteiger partial charge in [-0.05, 0) is 43.2 Å². The lowest BCUT2D eigenvalue weighted by Gasteiger charge is -2.34. The average molecular weight is 483 g/mol. The molecular formula is C26H28F2N4O3. The van der Waals surface area contributed by atoms with Crippen LogP contribution in [0.3, 0.4) is 0 Å². The third-order valence-electron chi connectivity index (χ3n) is 6.27. The van der Waals surface area contributed by atoms with Crippen LogP contribution in [-0.2, 0) is 16.0 Å². The molecule has 1 aliphatic heterocycles. The zero-order valence-electron chi connectivity index (χ0n) is 19.8. The Hall–Kier alpha value is -3.59. The Morgan fingerprint density at radius 1 is 1.09 bits per heavy atom. The van der Waals surface area contributed by atoms with E-state index in [-0.39, 0.29) is 42.5 Å². The highest BCUT2D eigenvalue weighted by Gasteiger charge is 2.23. The topological polar surface area (TPSA) is 78.7 Å². The van der Waals surface area contributed by atoms with Crippen molar-refractivity contribution < 1.29 is 22.8 Å². The van der Waals surface area contributed by atoms with Crippen LogP contribution in [0.1, 0.15) is 23.4 Å². The third-order valence-corrected chi connectivity index (χ3v) is 6.27. The number of nitrogens with zero attached hydrogens (tertiary/aromatic N) is 3. The van der Waals surface area contributed by atoms with Crippen LogP contribution in [0.15, 0.2) is 47.0 Å². The number of rotatable bonds is 7. The van der Waals surface area contributed by atoms with E-state index in [2.05, 4.69) is 10.3 Å². The largest absolute Gasteiger partial charge is 0.441 e. The maximum atomic E-state index is 13.9. The molecule has 0 spiro atoms. The van der Waals surface area contributed by atoms with E-state index in [1.54, 1.807) is 4.90 Å². The molecule has 7 nitrogen and oxygen atoms in total. The van der Waals surface area contributed by atoms with Gasteiger partial charge in [0.2, 0.25) is 11.8 Å². The van der Waals surface area contributed by atoms with Crippen molar-refractivity contribution in [2.24, 2.45) is 0 Å². The number of hydrogen-bond acceptors (Lipinski definition) is 5. The Balaban J connectivity index is 1.22. The standard InChI is InChI=1S/C26H28F2N4O3/c1-17-4-3-5-22(18(17)2)30-24(33)16-31-10-12-32(13-11-31)26(34)9-8-25-29-15-23(35-25)20-7-6-19(27)14-21(20)28/h3-7,14-15H,8-13,16H2,1-2H3,(H,30,33). The van der Waals surface area contributed by atoms with E-state index in [0.29, 0.717) is 32.1 Å². The predicted octanol–water partition coefficient (Wildman–Crippen LogP) is 3.95. The summed E-state index contributed by atoms with van der Waals surface area (Å²) in [6.45, 7) is 6.55. The normalized spacial score (nSPS) is 14.2. The molecule has 3 aromatic rings. The quantitative estimate of drug-likeness (QED) is 0.552. The summed E-state index contributed by atoms with van der Waals surface area (Å²) in [6.07, 6.45) is 1.86. The Bertz CT molecular complexity index is 1220. The Labute approximate surface area is 202 Å². The second kappa shape index (κ2) is 10.8. The van der Waals surface area contributed by atoms with Crippen molar-refractivity contribution in [3.63, 3.8) is 0 Å². The molecule has 1 fully saturated rings. The third kappa shape index (κ3) is 6.10. The summed E-state index contributed by atoms with van der Waals surface area (Å²) in [4.78, 5) is 33.0. The number of nitrogens with one attached hydrogen (secondary N) is 1. The fraction of sp³-hybridized carbons (Fsp3) is 0.346. The molecule has 0 saturated carbocycles. The van der Waals surface area contributed by atoms with Gasteiger partial charge in [0.15, 0.2) is 11.7 Å². The van der Waals surface area contributed by atoms with Crippen LogP contribution in [0.2, 0.25) is 0 Å². The van der Waals surface area contributed by atoms with Crippen molar-refractivity contribution >= 4 is 17.5 Å². The van der Waals surface area contributed by atoms with Gasteiger partial charge >= 0.3 is 0 Å². The van der Waals surface area contributed by atoms with Gasteiger partial charge in [-0.1, -0.05) is 12.1 Å². The number of aryl methyl sites for hydroxylation is 2. The smallest absolute Gasteiger partial charge is 0.238 e. The van der Waals surface area contributed by atoms with Crippen molar-refractivity contribution in [1.82, 2.24) is 14.8 Å². The highest BCUT2D eigenvalue weighted by molar-refractivity contribution is 5.93. The fourth-order valence-electron chi connectivity index (χ4n) is 4.05. The van der Waals surface area contributed by atoms with E-state index in [1.807, 2.05) is 36.9 Å². The molecular weight excluding hydrogens is 454 g/mol. The van der Waals surface area contributed by atoms with Gasteiger partial charge in [-0.15, -0.1) is 0 Å². The van der Waals surface area contributed by atoms with Crippen molar-refractivity contribution in [1.29, 1.82) is 0 Å². The summed E-state index contributed by atoms with van der Waals surface area (Å²) in [7, 11) is 0. The van der Waals surface area contributed by atoms with Crippen LogP contribution < -0.4 is 5.32 Å². The fourth-order valence-corrected chi connectivity index (χ4v) is 4.05. The number of benzene rings is 2. The number of amides is 2. The maximum Gasteiger partial charge on any atom is 0.238 e. The Morgan fingerprint density at radius 3 is 2.60 bits per heavy atom. The summed E-state index contributed by atoms with van der Waals surface area (Å²) >= 11 is 0. The number of piperazine rings is 1. The number of carbonyl (C=O) groups is 2. The van der Waals surface area contributed by atoms with Crippen LogP contribution >= 0.6 is 0 Å². The molecule has 0 radical (unpaired) electrons. The number of halogens is 2. The van der Waals surface area contributed by atoms with Crippen LogP contribution in [0.5, 0.6) is 0 Å². The van der Waals surface area contributed by atoms with E-state index in [9.17, 15) is 18.4 Å². The highest BCUT2D eigenvalue weighted by atomic mass is 19.1. The van der Waals surface area contributed by atoms with Gasteiger partial charge in [-0.2, -0.15) is 0 Å². The first-order chi connectivity index (χ1) is 16.8. The molecule has 1 saturated heterocycles.